The van der Waals surface area contributed by atoms with E-state index in [1.54, 1.807) is 0 Å². The van der Waals surface area contributed by atoms with Gasteiger partial charge < -0.3 is 5.32 Å². The zero-order valence-electron chi connectivity index (χ0n) is 13.4. The third-order valence-electron chi connectivity index (χ3n) is 5.40. The summed E-state index contributed by atoms with van der Waals surface area (Å²) in [5.41, 5.74) is 1.46. The Balaban J connectivity index is 1.49. The molecule has 2 aliphatic rings. The number of hydrogen-bond acceptors (Lipinski definition) is 2. The molecule has 0 spiro atoms. The zero-order valence-corrected chi connectivity index (χ0v) is 13.4. The van der Waals surface area contributed by atoms with Gasteiger partial charge in [0, 0.05) is 25.2 Å². The molecule has 0 radical (unpaired) electrons. The van der Waals surface area contributed by atoms with E-state index in [1.807, 2.05) is 0 Å². The van der Waals surface area contributed by atoms with E-state index >= 15 is 0 Å². The maximum absolute atomic E-state index is 3.73. The molecular formula is C19H30N2. The van der Waals surface area contributed by atoms with E-state index in [0.717, 1.165) is 18.9 Å². The SMILES string of the molecule is CC1CNC(Cc2ccccc2)CN1CCC1CCCC1. The monoisotopic (exact) mass is 286 g/mol. The van der Waals surface area contributed by atoms with Crippen LogP contribution in [0.5, 0.6) is 0 Å². The predicted octanol–water partition coefficient (Wildman–Crippen LogP) is 3.47. The second kappa shape index (κ2) is 7.42. The van der Waals surface area contributed by atoms with Gasteiger partial charge in [0.15, 0.2) is 0 Å². The molecule has 2 unspecified atom stereocenters. The van der Waals surface area contributed by atoms with Crippen LogP contribution in [0.15, 0.2) is 30.3 Å². The molecule has 2 atom stereocenters. The van der Waals surface area contributed by atoms with E-state index in [4.69, 9.17) is 0 Å². The lowest BCUT2D eigenvalue weighted by Gasteiger charge is -2.39. The molecule has 1 N–H and O–H groups in total. The van der Waals surface area contributed by atoms with Gasteiger partial charge in [-0.1, -0.05) is 56.0 Å². The van der Waals surface area contributed by atoms with Crippen molar-refractivity contribution in [3.63, 3.8) is 0 Å². The molecule has 1 aromatic rings. The first-order chi connectivity index (χ1) is 10.3. The Kier molecular flexibility index (Phi) is 5.32. The van der Waals surface area contributed by atoms with Gasteiger partial charge in [-0.05, 0) is 37.8 Å². The van der Waals surface area contributed by atoms with Crippen molar-refractivity contribution in [3.05, 3.63) is 35.9 Å². The average Bonchev–Trinajstić information content (AvgIpc) is 3.02. The normalized spacial score (nSPS) is 28.0. The van der Waals surface area contributed by atoms with Crippen LogP contribution < -0.4 is 5.32 Å². The Morgan fingerprint density at radius 1 is 1.14 bits per heavy atom. The molecule has 0 amide bonds. The lowest BCUT2D eigenvalue weighted by molar-refractivity contribution is 0.132. The summed E-state index contributed by atoms with van der Waals surface area (Å²) in [6, 6.07) is 12.2. The van der Waals surface area contributed by atoms with Crippen LogP contribution in [0.3, 0.4) is 0 Å². The van der Waals surface area contributed by atoms with E-state index in [0.29, 0.717) is 12.1 Å². The van der Waals surface area contributed by atoms with Crippen LogP contribution in [-0.2, 0) is 6.42 Å². The Labute approximate surface area is 129 Å². The van der Waals surface area contributed by atoms with Crippen LogP contribution in [-0.4, -0.2) is 36.6 Å². The van der Waals surface area contributed by atoms with Gasteiger partial charge >= 0.3 is 0 Å². The summed E-state index contributed by atoms with van der Waals surface area (Å²) < 4.78 is 0. The molecule has 1 aliphatic heterocycles. The molecule has 1 aliphatic carbocycles. The minimum atomic E-state index is 0.618. The van der Waals surface area contributed by atoms with Crippen molar-refractivity contribution in [1.82, 2.24) is 10.2 Å². The van der Waals surface area contributed by atoms with Crippen molar-refractivity contribution >= 4 is 0 Å². The van der Waals surface area contributed by atoms with Gasteiger partial charge in [-0.2, -0.15) is 0 Å². The third-order valence-corrected chi connectivity index (χ3v) is 5.40. The van der Waals surface area contributed by atoms with Crippen molar-refractivity contribution < 1.29 is 0 Å². The van der Waals surface area contributed by atoms with Crippen molar-refractivity contribution in [2.75, 3.05) is 19.6 Å². The Morgan fingerprint density at radius 3 is 2.67 bits per heavy atom. The summed E-state index contributed by atoms with van der Waals surface area (Å²) in [7, 11) is 0. The first kappa shape index (κ1) is 15.1. The maximum Gasteiger partial charge on any atom is 0.0236 e. The largest absolute Gasteiger partial charge is 0.311 e. The van der Waals surface area contributed by atoms with E-state index in [9.17, 15) is 0 Å². The standard InChI is InChI=1S/C19H30N2/c1-16-14-20-19(13-18-9-3-2-4-10-18)15-21(16)12-11-17-7-5-6-8-17/h2-4,9-10,16-17,19-20H,5-8,11-15H2,1H3. The summed E-state index contributed by atoms with van der Waals surface area (Å²) in [4.78, 5) is 2.72. The molecule has 1 saturated carbocycles. The fraction of sp³-hybridized carbons (Fsp3) is 0.684. The van der Waals surface area contributed by atoms with Crippen LogP contribution >= 0.6 is 0 Å². The van der Waals surface area contributed by atoms with Crippen LogP contribution in [0.25, 0.3) is 0 Å². The first-order valence-electron chi connectivity index (χ1n) is 8.82. The Morgan fingerprint density at radius 2 is 1.90 bits per heavy atom. The molecular weight excluding hydrogens is 256 g/mol. The van der Waals surface area contributed by atoms with Gasteiger partial charge in [0.2, 0.25) is 0 Å². The molecule has 2 fully saturated rings. The smallest absolute Gasteiger partial charge is 0.0236 e. The zero-order chi connectivity index (χ0) is 14.5. The summed E-state index contributed by atoms with van der Waals surface area (Å²) in [5, 5.41) is 3.73. The second-order valence-electron chi connectivity index (χ2n) is 7.08. The first-order valence-corrected chi connectivity index (χ1v) is 8.82. The molecule has 1 saturated heterocycles. The number of nitrogens with zero attached hydrogens (tertiary/aromatic N) is 1. The third kappa shape index (κ3) is 4.31. The minimum absolute atomic E-state index is 0.618. The lowest BCUT2D eigenvalue weighted by Crippen LogP contribution is -2.56. The predicted molar refractivity (Wildman–Crippen MR) is 89.5 cm³/mol. The van der Waals surface area contributed by atoms with E-state index in [-0.39, 0.29) is 0 Å². The highest BCUT2D eigenvalue weighted by Gasteiger charge is 2.26. The number of nitrogens with one attached hydrogen (secondary N) is 1. The van der Waals surface area contributed by atoms with Gasteiger partial charge in [0.05, 0.1) is 0 Å². The number of rotatable bonds is 5. The maximum atomic E-state index is 3.73. The molecule has 3 rings (SSSR count). The van der Waals surface area contributed by atoms with Crippen molar-refractivity contribution in [2.24, 2.45) is 5.92 Å². The quantitative estimate of drug-likeness (QED) is 0.891. The molecule has 2 nitrogen and oxygen atoms in total. The molecule has 116 valence electrons. The summed E-state index contributed by atoms with van der Waals surface area (Å²) >= 11 is 0. The Bertz CT molecular complexity index is 411. The number of hydrogen-bond donors (Lipinski definition) is 1. The molecule has 21 heavy (non-hydrogen) atoms. The van der Waals surface area contributed by atoms with Gasteiger partial charge in [0.25, 0.3) is 0 Å². The van der Waals surface area contributed by atoms with E-state index in [2.05, 4.69) is 47.5 Å². The molecule has 2 heteroatoms. The fourth-order valence-electron chi connectivity index (χ4n) is 3.99. The van der Waals surface area contributed by atoms with Crippen molar-refractivity contribution in [3.8, 4) is 0 Å². The van der Waals surface area contributed by atoms with Gasteiger partial charge in [-0.15, -0.1) is 0 Å². The summed E-state index contributed by atoms with van der Waals surface area (Å²) in [6.07, 6.45) is 8.48. The van der Waals surface area contributed by atoms with Gasteiger partial charge in [0.1, 0.15) is 0 Å². The van der Waals surface area contributed by atoms with Gasteiger partial charge in [-0.25, -0.2) is 0 Å². The molecule has 0 bridgehead atoms. The average molecular weight is 286 g/mol. The van der Waals surface area contributed by atoms with Crippen molar-refractivity contribution in [1.29, 1.82) is 0 Å². The summed E-state index contributed by atoms with van der Waals surface area (Å²) in [5.74, 6) is 1.01. The van der Waals surface area contributed by atoms with E-state index in [1.165, 1.54) is 50.8 Å². The lowest BCUT2D eigenvalue weighted by atomic mass is 9.99. The van der Waals surface area contributed by atoms with Crippen LogP contribution in [0.1, 0.15) is 44.6 Å². The molecule has 1 aromatic carbocycles. The number of piperazine rings is 1. The number of benzene rings is 1. The second-order valence-corrected chi connectivity index (χ2v) is 7.08. The van der Waals surface area contributed by atoms with E-state index < -0.39 is 0 Å². The Hall–Kier alpha value is -0.860. The summed E-state index contributed by atoms with van der Waals surface area (Å²) in [6.45, 7) is 6.03. The highest BCUT2D eigenvalue weighted by molar-refractivity contribution is 5.16. The fourth-order valence-corrected chi connectivity index (χ4v) is 3.99. The molecule has 1 heterocycles. The van der Waals surface area contributed by atoms with Crippen molar-refractivity contribution in [2.45, 2.75) is 57.5 Å². The minimum Gasteiger partial charge on any atom is -0.311 e. The van der Waals surface area contributed by atoms with Crippen LogP contribution in [0.4, 0.5) is 0 Å². The highest BCUT2D eigenvalue weighted by atomic mass is 15.2. The highest BCUT2D eigenvalue weighted by Crippen LogP contribution is 2.28. The molecule has 0 aromatic heterocycles. The topological polar surface area (TPSA) is 15.3 Å². The van der Waals surface area contributed by atoms with Crippen LogP contribution in [0, 0.1) is 5.92 Å². The van der Waals surface area contributed by atoms with Gasteiger partial charge in [-0.3, -0.25) is 4.90 Å². The van der Waals surface area contributed by atoms with Crippen LogP contribution in [0.2, 0.25) is 0 Å².